The van der Waals surface area contributed by atoms with Gasteiger partial charge in [0, 0.05) is 6.54 Å². The van der Waals surface area contributed by atoms with E-state index in [1.54, 1.807) is 11.3 Å². The molecule has 1 amide bonds. The fourth-order valence-corrected chi connectivity index (χ4v) is 3.72. The molecule has 0 radical (unpaired) electrons. The molecule has 18 heavy (non-hydrogen) atoms. The van der Waals surface area contributed by atoms with Gasteiger partial charge in [0.25, 0.3) is 0 Å². The van der Waals surface area contributed by atoms with Gasteiger partial charge in [0.1, 0.15) is 6.04 Å². The second-order valence-electron chi connectivity index (χ2n) is 4.16. The van der Waals surface area contributed by atoms with Gasteiger partial charge in [0.05, 0.1) is 9.96 Å². The normalized spacial score (nSPS) is 19.8. The number of hydrogen-bond donors (Lipinski definition) is 1. The lowest BCUT2D eigenvalue weighted by molar-refractivity contribution is -0.150. The van der Waals surface area contributed by atoms with Crippen LogP contribution in [0.5, 0.6) is 0 Å². The van der Waals surface area contributed by atoms with Crippen LogP contribution in [-0.4, -0.2) is 40.2 Å². The monoisotopic (exact) mass is 285 g/mol. The minimum Gasteiger partial charge on any atom is -0.480 e. The van der Waals surface area contributed by atoms with E-state index in [0.717, 1.165) is 17.1 Å². The highest BCUT2D eigenvalue weighted by Crippen LogP contribution is 2.25. The van der Waals surface area contributed by atoms with Gasteiger partial charge in [-0.05, 0) is 30.7 Å². The van der Waals surface area contributed by atoms with Crippen LogP contribution >= 0.6 is 23.1 Å². The molecule has 4 nitrogen and oxygen atoms in total. The maximum Gasteiger partial charge on any atom is 0.326 e. The summed E-state index contributed by atoms with van der Waals surface area (Å²) in [4.78, 5) is 24.7. The number of carbonyl (C=O) groups is 2. The molecule has 0 spiro atoms. The number of thiophene rings is 1. The largest absolute Gasteiger partial charge is 0.480 e. The van der Waals surface area contributed by atoms with Crippen molar-refractivity contribution in [1.29, 1.82) is 0 Å². The van der Waals surface area contributed by atoms with Crippen molar-refractivity contribution < 1.29 is 14.7 Å². The van der Waals surface area contributed by atoms with Crippen LogP contribution in [0.2, 0.25) is 0 Å². The molecule has 1 atom stereocenters. The summed E-state index contributed by atoms with van der Waals surface area (Å²) in [7, 11) is 0. The van der Waals surface area contributed by atoms with Crippen LogP contribution in [0.4, 0.5) is 0 Å². The maximum atomic E-state index is 12.1. The highest BCUT2D eigenvalue weighted by atomic mass is 32.2. The molecule has 1 N–H and O–H groups in total. The summed E-state index contributed by atoms with van der Waals surface area (Å²) in [6.45, 7) is 0.570. The molecule has 1 fully saturated rings. The number of piperidine rings is 1. The van der Waals surface area contributed by atoms with E-state index in [0.29, 0.717) is 18.7 Å². The zero-order chi connectivity index (χ0) is 13.0. The fraction of sp³-hybridized carbons (Fsp3) is 0.500. The fourth-order valence-electron chi connectivity index (χ4n) is 2.05. The van der Waals surface area contributed by atoms with Crippen molar-refractivity contribution >= 4 is 35.0 Å². The van der Waals surface area contributed by atoms with E-state index in [2.05, 4.69) is 0 Å². The Bertz CT molecular complexity index is 419. The summed E-state index contributed by atoms with van der Waals surface area (Å²) in [5.41, 5.74) is 0. The maximum absolute atomic E-state index is 12.1. The van der Waals surface area contributed by atoms with E-state index < -0.39 is 12.0 Å². The molecule has 98 valence electrons. The summed E-state index contributed by atoms with van der Waals surface area (Å²) in [6, 6.07) is 3.28. The zero-order valence-electron chi connectivity index (χ0n) is 9.87. The van der Waals surface area contributed by atoms with E-state index in [1.165, 1.54) is 16.7 Å². The van der Waals surface area contributed by atoms with E-state index in [-0.39, 0.29) is 5.91 Å². The van der Waals surface area contributed by atoms with Crippen LogP contribution in [0.3, 0.4) is 0 Å². The van der Waals surface area contributed by atoms with Crippen LogP contribution in [0.25, 0.3) is 0 Å². The summed E-state index contributed by atoms with van der Waals surface area (Å²) in [5.74, 6) is -0.630. The van der Waals surface area contributed by atoms with E-state index >= 15 is 0 Å². The SMILES string of the molecule is O=C(O)C1CCCCN1C(=O)CSc1cccs1. The lowest BCUT2D eigenvalue weighted by Gasteiger charge is -2.32. The Labute approximate surface area is 114 Å². The quantitative estimate of drug-likeness (QED) is 0.862. The van der Waals surface area contributed by atoms with Gasteiger partial charge in [-0.1, -0.05) is 6.07 Å². The Morgan fingerprint density at radius 3 is 3.00 bits per heavy atom. The van der Waals surface area contributed by atoms with Gasteiger partial charge >= 0.3 is 5.97 Å². The second-order valence-corrected chi connectivity index (χ2v) is 6.38. The van der Waals surface area contributed by atoms with Gasteiger partial charge in [-0.25, -0.2) is 4.79 Å². The number of thioether (sulfide) groups is 1. The number of carboxylic acids is 1. The van der Waals surface area contributed by atoms with Gasteiger partial charge in [0.2, 0.25) is 5.91 Å². The molecule has 0 bridgehead atoms. The minimum absolute atomic E-state index is 0.0690. The number of rotatable bonds is 4. The molecule has 2 rings (SSSR count). The Kier molecular flexibility index (Phi) is 4.66. The van der Waals surface area contributed by atoms with Crippen molar-refractivity contribution in [1.82, 2.24) is 4.90 Å². The summed E-state index contributed by atoms with van der Waals surface area (Å²) in [6.07, 6.45) is 2.36. The third-order valence-electron chi connectivity index (χ3n) is 2.94. The molecule has 0 saturated carbocycles. The van der Waals surface area contributed by atoms with Gasteiger partial charge < -0.3 is 10.0 Å². The van der Waals surface area contributed by atoms with Crippen molar-refractivity contribution in [2.45, 2.75) is 29.5 Å². The first-order valence-corrected chi connectivity index (χ1v) is 7.73. The Balaban J connectivity index is 1.92. The Morgan fingerprint density at radius 1 is 1.50 bits per heavy atom. The third-order valence-corrected chi connectivity index (χ3v) is 5.06. The molecular weight excluding hydrogens is 270 g/mol. The van der Waals surface area contributed by atoms with E-state index in [9.17, 15) is 9.59 Å². The lowest BCUT2D eigenvalue weighted by Crippen LogP contribution is -2.48. The van der Waals surface area contributed by atoms with Crippen LogP contribution in [0, 0.1) is 0 Å². The average molecular weight is 285 g/mol. The average Bonchev–Trinajstić information content (AvgIpc) is 2.89. The van der Waals surface area contributed by atoms with E-state index in [1.807, 2.05) is 17.5 Å². The number of aliphatic carboxylic acids is 1. The molecule has 1 aromatic heterocycles. The molecule has 0 aromatic carbocycles. The highest BCUT2D eigenvalue weighted by molar-refractivity contribution is 8.01. The number of likely N-dealkylation sites (tertiary alicyclic amines) is 1. The molecule has 1 aromatic rings. The van der Waals surface area contributed by atoms with Crippen molar-refractivity contribution in [3.05, 3.63) is 17.5 Å². The van der Waals surface area contributed by atoms with Crippen LogP contribution in [-0.2, 0) is 9.59 Å². The smallest absolute Gasteiger partial charge is 0.326 e. The summed E-state index contributed by atoms with van der Waals surface area (Å²) >= 11 is 3.07. The first kappa shape index (κ1) is 13.4. The molecule has 1 saturated heterocycles. The van der Waals surface area contributed by atoms with Gasteiger partial charge in [-0.3, -0.25) is 4.79 Å². The van der Waals surface area contributed by atoms with Gasteiger partial charge in [-0.15, -0.1) is 23.1 Å². The number of carboxylic acid groups (broad SMARTS) is 1. The number of amides is 1. The van der Waals surface area contributed by atoms with Crippen LogP contribution in [0.1, 0.15) is 19.3 Å². The molecule has 1 aliphatic heterocycles. The predicted octanol–water partition coefficient (Wildman–Crippen LogP) is 2.31. The first-order chi connectivity index (χ1) is 8.68. The summed E-state index contributed by atoms with van der Waals surface area (Å²) in [5, 5.41) is 11.1. The first-order valence-electron chi connectivity index (χ1n) is 5.87. The third kappa shape index (κ3) is 3.26. The highest BCUT2D eigenvalue weighted by Gasteiger charge is 2.31. The predicted molar refractivity (Wildman–Crippen MR) is 72.0 cm³/mol. The number of nitrogens with zero attached hydrogens (tertiary/aromatic N) is 1. The van der Waals surface area contributed by atoms with Crippen molar-refractivity contribution in [3.8, 4) is 0 Å². The summed E-state index contributed by atoms with van der Waals surface area (Å²) < 4.78 is 1.09. The van der Waals surface area contributed by atoms with Gasteiger partial charge in [0.15, 0.2) is 0 Å². The molecule has 2 heterocycles. The van der Waals surface area contributed by atoms with E-state index in [4.69, 9.17) is 5.11 Å². The standard InChI is InChI=1S/C12H15NO3S2/c14-10(8-18-11-5-3-7-17-11)13-6-2-1-4-9(13)12(15)16/h3,5,7,9H,1-2,4,6,8H2,(H,15,16). The second kappa shape index (κ2) is 6.24. The van der Waals surface area contributed by atoms with Crippen LogP contribution < -0.4 is 0 Å². The molecule has 1 aliphatic rings. The topological polar surface area (TPSA) is 57.6 Å². The molecule has 0 aliphatic carbocycles. The Morgan fingerprint density at radius 2 is 2.33 bits per heavy atom. The van der Waals surface area contributed by atoms with Crippen molar-refractivity contribution in [2.24, 2.45) is 0 Å². The zero-order valence-corrected chi connectivity index (χ0v) is 11.5. The molecule has 1 unspecified atom stereocenters. The van der Waals surface area contributed by atoms with Crippen molar-refractivity contribution in [2.75, 3.05) is 12.3 Å². The number of carbonyl (C=O) groups excluding carboxylic acids is 1. The number of hydrogen-bond acceptors (Lipinski definition) is 4. The lowest BCUT2D eigenvalue weighted by atomic mass is 10.0. The van der Waals surface area contributed by atoms with Crippen LogP contribution in [0.15, 0.2) is 21.7 Å². The Hall–Kier alpha value is -1.01. The molecular formula is C12H15NO3S2. The minimum atomic E-state index is -0.885. The molecule has 6 heteroatoms. The van der Waals surface area contributed by atoms with Gasteiger partial charge in [-0.2, -0.15) is 0 Å². The van der Waals surface area contributed by atoms with Crippen molar-refractivity contribution in [3.63, 3.8) is 0 Å².